The second-order valence-electron chi connectivity index (χ2n) is 6.38. The van der Waals surface area contributed by atoms with E-state index in [1.807, 2.05) is 0 Å². The van der Waals surface area contributed by atoms with Crippen molar-refractivity contribution in [3.05, 3.63) is 90.0 Å². The maximum Gasteiger partial charge on any atom is 0.261 e. The summed E-state index contributed by atoms with van der Waals surface area (Å²) in [6, 6.07) is 21.3. The summed E-state index contributed by atoms with van der Waals surface area (Å²) in [5.41, 5.74) is 1.76. The first-order chi connectivity index (χ1) is 14.9. The average Bonchev–Trinajstić information content (AvgIpc) is 2.78. The van der Waals surface area contributed by atoms with E-state index in [9.17, 15) is 13.2 Å². The van der Waals surface area contributed by atoms with Crippen molar-refractivity contribution in [3.63, 3.8) is 0 Å². The third-order valence-electron chi connectivity index (χ3n) is 4.25. The molecule has 0 spiro atoms. The molecule has 0 heterocycles. The van der Waals surface area contributed by atoms with Gasteiger partial charge in [-0.15, -0.1) is 0 Å². The number of methoxy groups -OCH3 is 1. The van der Waals surface area contributed by atoms with Crippen molar-refractivity contribution in [1.29, 1.82) is 5.26 Å². The zero-order valence-electron chi connectivity index (χ0n) is 16.6. The Morgan fingerprint density at radius 3 is 2.45 bits per heavy atom. The summed E-state index contributed by atoms with van der Waals surface area (Å²) in [6.07, 6.45) is 2.81. The summed E-state index contributed by atoms with van der Waals surface area (Å²) in [5.74, 6) is 0.156. The predicted octanol–water partition coefficient (Wildman–Crippen LogP) is 4.02. The number of hydrogen-bond acceptors (Lipinski definition) is 5. The molecule has 31 heavy (non-hydrogen) atoms. The predicted molar refractivity (Wildman–Crippen MR) is 119 cm³/mol. The van der Waals surface area contributed by atoms with Crippen molar-refractivity contribution in [2.24, 2.45) is 0 Å². The van der Waals surface area contributed by atoms with Gasteiger partial charge in [-0.3, -0.25) is 9.52 Å². The highest BCUT2D eigenvalue weighted by atomic mass is 32.2. The number of carbonyl (C=O) groups is 1. The Hall–Kier alpha value is -4.09. The first-order valence-corrected chi connectivity index (χ1v) is 10.6. The number of rotatable bonds is 7. The number of benzene rings is 3. The minimum Gasteiger partial charge on any atom is -0.497 e. The topological polar surface area (TPSA) is 108 Å². The molecule has 8 heteroatoms. The average molecular weight is 433 g/mol. The molecule has 0 aliphatic heterocycles. The molecule has 0 radical (unpaired) electrons. The van der Waals surface area contributed by atoms with Crippen LogP contribution in [0.1, 0.15) is 11.1 Å². The van der Waals surface area contributed by atoms with Gasteiger partial charge in [-0.25, -0.2) is 8.42 Å². The Morgan fingerprint density at radius 2 is 1.74 bits per heavy atom. The summed E-state index contributed by atoms with van der Waals surface area (Å²) in [7, 11) is -2.33. The lowest BCUT2D eigenvalue weighted by Gasteiger charge is -2.10. The maximum absolute atomic E-state index is 12.7. The van der Waals surface area contributed by atoms with Gasteiger partial charge in [-0.05, 0) is 60.2 Å². The van der Waals surface area contributed by atoms with Gasteiger partial charge >= 0.3 is 0 Å². The molecule has 7 nitrogen and oxygen atoms in total. The van der Waals surface area contributed by atoms with Crippen molar-refractivity contribution in [2.75, 3.05) is 17.1 Å². The first kappa shape index (κ1) is 21.6. The zero-order chi connectivity index (χ0) is 22.3. The van der Waals surface area contributed by atoms with Crippen molar-refractivity contribution in [2.45, 2.75) is 4.90 Å². The van der Waals surface area contributed by atoms with Crippen LogP contribution in [0.25, 0.3) is 6.08 Å². The van der Waals surface area contributed by atoms with Crippen LogP contribution in [0.15, 0.2) is 83.8 Å². The van der Waals surface area contributed by atoms with Crippen LogP contribution in [-0.2, 0) is 14.8 Å². The molecular formula is C23H19N3O4S. The number of nitrogens with zero attached hydrogens (tertiary/aromatic N) is 1. The molecule has 2 N–H and O–H groups in total. The quantitative estimate of drug-likeness (QED) is 0.547. The number of hydrogen-bond donors (Lipinski definition) is 2. The maximum atomic E-state index is 12.7. The molecule has 3 aromatic carbocycles. The standard InChI is InChI=1S/C23H19N3O4S/c1-30-21-12-10-19(11-13-21)26-31(28,29)22-8-4-7-20(15-22)25-23(27)14-9-17-5-2-3-6-18(17)16-24/h2-15,26H,1H3,(H,25,27)/b14-9+. The van der Waals surface area contributed by atoms with E-state index >= 15 is 0 Å². The lowest BCUT2D eigenvalue weighted by Crippen LogP contribution is -2.14. The number of sulfonamides is 1. The van der Waals surface area contributed by atoms with E-state index < -0.39 is 15.9 Å². The number of anilines is 2. The minimum absolute atomic E-state index is 0.0000706. The molecular weight excluding hydrogens is 414 g/mol. The van der Waals surface area contributed by atoms with Crippen LogP contribution >= 0.6 is 0 Å². The molecule has 3 rings (SSSR count). The molecule has 0 fully saturated rings. The van der Waals surface area contributed by atoms with E-state index in [-0.39, 0.29) is 4.90 Å². The highest BCUT2D eigenvalue weighted by molar-refractivity contribution is 7.92. The van der Waals surface area contributed by atoms with Gasteiger partial charge in [-0.2, -0.15) is 5.26 Å². The van der Waals surface area contributed by atoms with E-state index in [4.69, 9.17) is 10.00 Å². The smallest absolute Gasteiger partial charge is 0.261 e. The van der Waals surface area contributed by atoms with Crippen LogP contribution in [0.2, 0.25) is 0 Å². The highest BCUT2D eigenvalue weighted by Gasteiger charge is 2.15. The third kappa shape index (κ3) is 5.72. The Balaban J connectivity index is 1.72. The van der Waals surface area contributed by atoms with Crippen molar-refractivity contribution in [1.82, 2.24) is 0 Å². The van der Waals surface area contributed by atoms with Crippen LogP contribution < -0.4 is 14.8 Å². The minimum atomic E-state index is -3.85. The lowest BCUT2D eigenvalue weighted by atomic mass is 10.1. The second kappa shape index (κ2) is 9.61. The van der Waals surface area contributed by atoms with Crippen LogP contribution in [0.4, 0.5) is 11.4 Å². The van der Waals surface area contributed by atoms with Gasteiger partial charge < -0.3 is 10.1 Å². The Labute approximate surface area is 180 Å². The Morgan fingerprint density at radius 1 is 1.00 bits per heavy atom. The largest absolute Gasteiger partial charge is 0.497 e. The Bertz CT molecular complexity index is 1260. The lowest BCUT2D eigenvalue weighted by molar-refractivity contribution is -0.111. The molecule has 1 amide bonds. The van der Waals surface area contributed by atoms with Gasteiger partial charge in [0.15, 0.2) is 0 Å². The van der Waals surface area contributed by atoms with Gasteiger partial charge in [0.05, 0.1) is 23.6 Å². The van der Waals surface area contributed by atoms with Crippen LogP contribution in [0, 0.1) is 11.3 Å². The van der Waals surface area contributed by atoms with Crippen LogP contribution in [-0.4, -0.2) is 21.4 Å². The number of carbonyl (C=O) groups excluding carboxylic acids is 1. The van der Waals surface area contributed by atoms with Gasteiger partial charge in [0, 0.05) is 17.5 Å². The second-order valence-corrected chi connectivity index (χ2v) is 8.07. The molecule has 0 saturated carbocycles. The number of ether oxygens (including phenoxy) is 1. The molecule has 0 atom stereocenters. The number of nitrogens with one attached hydrogen (secondary N) is 2. The van der Waals surface area contributed by atoms with Crippen LogP contribution in [0.3, 0.4) is 0 Å². The van der Waals surface area contributed by atoms with Crippen molar-refractivity contribution >= 4 is 33.4 Å². The fourth-order valence-corrected chi connectivity index (χ4v) is 3.81. The van der Waals surface area contributed by atoms with Crippen molar-refractivity contribution in [3.8, 4) is 11.8 Å². The Kier molecular flexibility index (Phi) is 6.70. The molecule has 0 aromatic heterocycles. The molecule has 156 valence electrons. The first-order valence-electron chi connectivity index (χ1n) is 9.16. The highest BCUT2D eigenvalue weighted by Crippen LogP contribution is 2.21. The molecule has 3 aromatic rings. The van der Waals surface area contributed by atoms with E-state index in [1.165, 1.54) is 37.5 Å². The summed E-state index contributed by atoms with van der Waals surface area (Å²) < 4.78 is 32.9. The molecule has 0 aliphatic rings. The molecule has 0 unspecified atom stereocenters. The van der Waals surface area contributed by atoms with E-state index in [0.717, 1.165) is 0 Å². The zero-order valence-corrected chi connectivity index (χ0v) is 17.4. The normalized spacial score (nSPS) is 11.0. The van der Waals surface area contributed by atoms with Gasteiger partial charge in [0.2, 0.25) is 5.91 Å². The van der Waals surface area contributed by atoms with E-state index in [2.05, 4.69) is 16.1 Å². The number of nitriles is 1. The molecule has 0 bridgehead atoms. The number of amides is 1. The fraction of sp³-hybridized carbons (Fsp3) is 0.0435. The van der Waals surface area contributed by atoms with E-state index in [1.54, 1.807) is 54.6 Å². The molecule has 0 aliphatic carbocycles. The summed E-state index contributed by atoms with van der Waals surface area (Å²) >= 11 is 0. The summed E-state index contributed by atoms with van der Waals surface area (Å²) in [4.78, 5) is 12.2. The van der Waals surface area contributed by atoms with Gasteiger partial charge in [0.1, 0.15) is 5.75 Å². The SMILES string of the molecule is COc1ccc(NS(=O)(=O)c2cccc(NC(=O)/C=C/c3ccccc3C#N)c2)cc1. The summed E-state index contributed by atoms with van der Waals surface area (Å²) in [5, 5.41) is 11.7. The molecule has 0 saturated heterocycles. The van der Waals surface area contributed by atoms with E-state index in [0.29, 0.717) is 28.3 Å². The van der Waals surface area contributed by atoms with Gasteiger partial charge in [-0.1, -0.05) is 24.3 Å². The fourth-order valence-electron chi connectivity index (χ4n) is 2.71. The third-order valence-corrected chi connectivity index (χ3v) is 5.63. The van der Waals surface area contributed by atoms with Crippen molar-refractivity contribution < 1.29 is 17.9 Å². The monoisotopic (exact) mass is 433 g/mol. The van der Waals surface area contributed by atoms with Gasteiger partial charge in [0.25, 0.3) is 10.0 Å². The van der Waals surface area contributed by atoms with Crippen LogP contribution in [0.5, 0.6) is 5.75 Å². The summed E-state index contributed by atoms with van der Waals surface area (Å²) in [6.45, 7) is 0.